The van der Waals surface area contributed by atoms with Gasteiger partial charge in [0.1, 0.15) is 0 Å². The Bertz CT molecular complexity index is 129. The molecule has 2 unspecified atom stereocenters. The number of carbonyl (C=O) groups excluding carboxylic acids is 1. The molecule has 0 heterocycles. The Morgan fingerprint density at radius 2 is 2.45 bits per heavy atom. The Morgan fingerprint density at radius 3 is 3.09 bits per heavy atom. The van der Waals surface area contributed by atoms with Gasteiger partial charge in [-0.15, -0.1) is 0 Å². The van der Waals surface area contributed by atoms with Gasteiger partial charge >= 0.3 is 0 Å². The van der Waals surface area contributed by atoms with Gasteiger partial charge in [-0.3, -0.25) is 4.79 Å². The highest BCUT2D eigenvalue weighted by Crippen LogP contribution is 2.29. The van der Waals surface area contributed by atoms with Crippen LogP contribution in [0, 0.1) is 0 Å². The lowest BCUT2D eigenvalue weighted by Crippen LogP contribution is -2.32. The van der Waals surface area contributed by atoms with Crippen molar-refractivity contribution in [1.82, 2.24) is 5.32 Å². The molecular formula is C8H15NOS. The van der Waals surface area contributed by atoms with E-state index in [1.165, 1.54) is 12.8 Å². The van der Waals surface area contributed by atoms with Crippen LogP contribution in [0.3, 0.4) is 0 Å². The lowest BCUT2D eigenvalue weighted by atomic mass is 10.2. The van der Waals surface area contributed by atoms with Crippen LogP contribution in [0.2, 0.25) is 0 Å². The number of hydrogen-bond donors (Lipinski definition) is 1. The fraction of sp³-hybridized carbons (Fsp3) is 0.875. The average molecular weight is 173 g/mol. The van der Waals surface area contributed by atoms with E-state index in [4.69, 9.17) is 0 Å². The molecular weight excluding hydrogens is 158 g/mol. The van der Waals surface area contributed by atoms with Gasteiger partial charge in [0.25, 0.3) is 0 Å². The van der Waals surface area contributed by atoms with E-state index in [1.54, 1.807) is 0 Å². The van der Waals surface area contributed by atoms with Crippen molar-refractivity contribution in [2.45, 2.75) is 37.5 Å². The van der Waals surface area contributed by atoms with E-state index in [9.17, 15) is 4.79 Å². The van der Waals surface area contributed by atoms with Crippen LogP contribution < -0.4 is 5.32 Å². The quantitative estimate of drug-likeness (QED) is 0.651. The van der Waals surface area contributed by atoms with Gasteiger partial charge in [-0.1, -0.05) is 13.3 Å². The SMILES string of the molecule is CCSC1CCCC1NC=O. The molecule has 0 aromatic rings. The van der Waals surface area contributed by atoms with Gasteiger partial charge in [0, 0.05) is 11.3 Å². The molecule has 3 heteroatoms. The van der Waals surface area contributed by atoms with Gasteiger partial charge < -0.3 is 5.32 Å². The fourth-order valence-electron chi connectivity index (χ4n) is 1.62. The van der Waals surface area contributed by atoms with Gasteiger partial charge in [0.05, 0.1) is 0 Å². The van der Waals surface area contributed by atoms with Crippen LogP contribution in [0.25, 0.3) is 0 Å². The van der Waals surface area contributed by atoms with Gasteiger partial charge in [-0.25, -0.2) is 0 Å². The summed E-state index contributed by atoms with van der Waals surface area (Å²) in [4.78, 5) is 10.2. The number of rotatable bonds is 4. The Labute approximate surface area is 72.1 Å². The molecule has 0 spiro atoms. The summed E-state index contributed by atoms with van der Waals surface area (Å²) in [6.07, 6.45) is 4.53. The average Bonchev–Trinajstić information content (AvgIpc) is 2.39. The molecule has 64 valence electrons. The molecule has 0 aromatic heterocycles. The van der Waals surface area contributed by atoms with Crippen molar-refractivity contribution in [3.8, 4) is 0 Å². The minimum absolute atomic E-state index is 0.442. The van der Waals surface area contributed by atoms with Gasteiger partial charge in [-0.05, 0) is 18.6 Å². The first kappa shape index (κ1) is 8.91. The molecule has 1 fully saturated rings. The molecule has 0 saturated heterocycles. The number of amides is 1. The van der Waals surface area contributed by atoms with Gasteiger partial charge in [-0.2, -0.15) is 11.8 Å². The Kier molecular flexibility index (Phi) is 3.77. The highest BCUT2D eigenvalue weighted by atomic mass is 32.2. The van der Waals surface area contributed by atoms with E-state index in [0.717, 1.165) is 18.6 Å². The van der Waals surface area contributed by atoms with E-state index in [2.05, 4.69) is 12.2 Å². The van der Waals surface area contributed by atoms with Crippen molar-refractivity contribution < 1.29 is 4.79 Å². The van der Waals surface area contributed by atoms with Crippen molar-refractivity contribution in [2.75, 3.05) is 5.75 Å². The Balaban J connectivity index is 2.31. The summed E-state index contributed by atoms with van der Waals surface area (Å²) >= 11 is 1.97. The second-order valence-corrected chi connectivity index (χ2v) is 4.33. The number of nitrogens with one attached hydrogen (secondary N) is 1. The molecule has 1 N–H and O–H groups in total. The van der Waals surface area contributed by atoms with Crippen molar-refractivity contribution in [3.63, 3.8) is 0 Å². The summed E-state index contributed by atoms with van der Waals surface area (Å²) < 4.78 is 0. The lowest BCUT2D eigenvalue weighted by molar-refractivity contribution is -0.110. The van der Waals surface area contributed by atoms with E-state index in [1.807, 2.05) is 11.8 Å². The molecule has 11 heavy (non-hydrogen) atoms. The molecule has 1 aliphatic carbocycles. The summed E-state index contributed by atoms with van der Waals surface area (Å²) in [5, 5.41) is 3.55. The number of hydrogen-bond acceptors (Lipinski definition) is 2. The topological polar surface area (TPSA) is 29.1 Å². The zero-order valence-electron chi connectivity index (χ0n) is 6.88. The third-order valence-corrected chi connectivity index (χ3v) is 3.44. The second kappa shape index (κ2) is 4.65. The molecule has 1 rings (SSSR count). The zero-order valence-corrected chi connectivity index (χ0v) is 7.69. The third-order valence-electron chi connectivity index (χ3n) is 2.12. The molecule has 1 amide bonds. The Hall–Kier alpha value is -0.180. The monoisotopic (exact) mass is 173 g/mol. The van der Waals surface area contributed by atoms with Crippen LogP contribution in [0.15, 0.2) is 0 Å². The summed E-state index contributed by atoms with van der Waals surface area (Å²) in [7, 11) is 0. The predicted molar refractivity (Wildman–Crippen MR) is 48.8 cm³/mol. The molecule has 0 radical (unpaired) electrons. The van der Waals surface area contributed by atoms with Crippen molar-refractivity contribution in [2.24, 2.45) is 0 Å². The number of carbonyl (C=O) groups is 1. The van der Waals surface area contributed by atoms with Crippen LogP contribution >= 0.6 is 11.8 Å². The largest absolute Gasteiger partial charge is 0.355 e. The molecule has 1 aliphatic rings. The van der Waals surface area contributed by atoms with Crippen LogP contribution in [0.4, 0.5) is 0 Å². The first-order valence-electron chi connectivity index (χ1n) is 4.19. The van der Waals surface area contributed by atoms with Gasteiger partial charge in [0.15, 0.2) is 0 Å². The summed E-state index contributed by atoms with van der Waals surface area (Å²) in [5.41, 5.74) is 0. The highest BCUT2D eigenvalue weighted by molar-refractivity contribution is 7.99. The summed E-state index contributed by atoms with van der Waals surface area (Å²) in [5.74, 6) is 1.15. The molecule has 0 bridgehead atoms. The summed E-state index contributed by atoms with van der Waals surface area (Å²) in [6.45, 7) is 2.17. The molecule has 0 aliphatic heterocycles. The third kappa shape index (κ3) is 2.40. The zero-order chi connectivity index (χ0) is 8.10. The van der Waals surface area contributed by atoms with E-state index < -0.39 is 0 Å². The molecule has 0 aromatic carbocycles. The second-order valence-electron chi connectivity index (χ2n) is 2.82. The van der Waals surface area contributed by atoms with Crippen LogP contribution in [0.5, 0.6) is 0 Å². The normalized spacial score (nSPS) is 30.3. The van der Waals surface area contributed by atoms with Crippen LogP contribution in [0.1, 0.15) is 26.2 Å². The standard InChI is InChI=1S/C8H15NOS/c1-2-11-8-5-3-4-7(8)9-6-10/h6-8H,2-5H2,1H3,(H,9,10). The van der Waals surface area contributed by atoms with E-state index in [0.29, 0.717) is 11.3 Å². The van der Waals surface area contributed by atoms with Crippen LogP contribution in [-0.4, -0.2) is 23.5 Å². The molecule has 1 saturated carbocycles. The van der Waals surface area contributed by atoms with Crippen molar-refractivity contribution >= 4 is 18.2 Å². The first-order valence-corrected chi connectivity index (χ1v) is 5.24. The minimum atomic E-state index is 0.442. The minimum Gasteiger partial charge on any atom is -0.355 e. The fourth-order valence-corrected chi connectivity index (χ4v) is 2.83. The molecule has 2 atom stereocenters. The van der Waals surface area contributed by atoms with E-state index in [-0.39, 0.29) is 0 Å². The Morgan fingerprint density at radius 1 is 1.64 bits per heavy atom. The maximum Gasteiger partial charge on any atom is 0.207 e. The highest BCUT2D eigenvalue weighted by Gasteiger charge is 2.26. The lowest BCUT2D eigenvalue weighted by Gasteiger charge is -2.16. The van der Waals surface area contributed by atoms with Crippen molar-refractivity contribution in [3.05, 3.63) is 0 Å². The van der Waals surface area contributed by atoms with Gasteiger partial charge in [0.2, 0.25) is 6.41 Å². The molecule has 2 nitrogen and oxygen atoms in total. The first-order chi connectivity index (χ1) is 5.38. The van der Waals surface area contributed by atoms with E-state index >= 15 is 0 Å². The predicted octanol–water partition coefficient (Wildman–Crippen LogP) is 1.41. The smallest absolute Gasteiger partial charge is 0.207 e. The van der Waals surface area contributed by atoms with Crippen molar-refractivity contribution in [1.29, 1.82) is 0 Å². The number of thioether (sulfide) groups is 1. The maximum atomic E-state index is 10.2. The summed E-state index contributed by atoms with van der Waals surface area (Å²) in [6, 6.07) is 0.442. The van der Waals surface area contributed by atoms with Crippen LogP contribution in [-0.2, 0) is 4.79 Å². The maximum absolute atomic E-state index is 10.2.